The number of hydrogen-bond donors (Lipinski definition) is 1. The van der Waals surface area contributed by atoms with Gasteiger partial charge < -0.3 is 10.2 Å². The standard InChI is InChI=1S/C24H28N4O/c1-18-8-6-7-11-21(18)23-22(17-28(26-23)20-9-4-3-5-10-20)24(29)27-14-12-19(13-15-27)16-25-2/h3-11,17,19,25H,12-16H2,1-2H3. The summed E-state index contributed by atoms with van der Waals surface area (Å²) in [7, 11) is 1.99. The molecule has 1 saturated heterocycles. The first kappa shape index (κ1) is 19.4. The van der Waals surface area contributed by atoms with Crippen LogP contribution < -0.4 is 5.32 Å². The zero-order chi connectivity index (χ0) is 20.2. The number of para-hydroxylation sites is 1. The maximum Gasteiger partial charge on any atom is 0.257 e. The third-order valence-corrected chi connectivity index (χ3v) is 5.76. The highest BCUT2D eigenvalue weighted by molar-refractivity contribution is 6.00. The SMILES string of the molecule is CNCC1CCN(C(=O)c2cn(-c3ccccc3)nc2-c2ccccc2C)CC1. The molecule has 150 valence electrons. The summed E-state index contributed by atoms with van der Waals surface area (Å²) >= 11 is 0. The molecule has 0 spiro atoms. The lowest BCUT2D eigenvalue weighted by Crippen LogP contribution is -2.40. The maximum atomic E-state index is 13.5. The van der Waals surface area contributed by atoms with Crippen molar-refractivity contribution in [2.24, 2.45) is 5.92 Å². The van der Waals surface area contributed by atoms with Gasteiger partial charge in [-0.1, -0.05) is 42.5 Å². The number of piperidine rings is 1. The molecule has 0 radical (unpaired) electrons. The van der Waals surface area contributed by atoms with E-state index in [2.05, 4.69) is 18.3 Å². The van der Waals surface area contributed by atoms with Crippen LogP contribution in [0.2, 0.25) is 0 Å². The quantitative estimate of drug-likeness (QED) is 0.721. The van der Waals surface area contributed by atoms with E-state index in [1.54, 1.807) is 0 Å². The van der Waals surface area contributed by atoms with Crippen LogP contribution in [0, 0.1) is 12.8 Å². The number of carbonyl (C=O) groups is 1. The summed E-state index contributed by atoms with van der Waals surface area (Å²) in [4.78, 5) is 15.5. The molecule has 0 atom stereocenters. The van der Waals surface area contributed by atoms with Gasteiger partial charge in [-0.25, -0.2) is 4.68 Å². The number of likely N-dealkylation sites (tertiary alicyclic amines) is 1. The van der Waals surface area contributed by atoms with E-state index in [0.717, 1.165) is 55.0 Å². The molecule has 1 aliphatic rings. The van der Waals surface area contributed by atoms with Gasteiger partial charge in [0, 0.05) is 24.8 Å². The van der Waals surface area contributed by atoms with Crippen molar-refractivity contribution in [2.75, 3.05) is 26.7 Å². The molecule has 1 N–H and O–H groups in total. The molecule has 0 bridgehead atoms. The van der Waals surface area contributed by atoms with Crippen molar-refractivity contribution in [1.82, 2.24) is 20.0 Å². The highest BCUT2D eigenvalue weighted by Crippen LogP contribution is 2.29. The van der Waals surface area contributed by atoms with Gasteiger partial charge in [0.1, 0.15) is 5.69 Å². The first-order valence-corrected chi connectivity index (χ1v) is 10.3. The molecule has 1 fully saturated rings. The summed E-state index contributed by atoms with van der Waals surface area (Å²) in [5.41, 5.74) is 4.52. The molecular weight excluding hydrogens is 360 g/mol. The lowest BCUT2D eigenvalue weighted by molar-refractivity contribution is 0.0691. The van der Waals surface area contributed by atoms with Gasteiger partial charge in [0.25, 0.3) is 5.91 Å². The van der Waals surface area contributed by atoms with Crippen LogP contribution in [-0.4, -0.2) is 47.3 Å². The van der Waals surface area contributed by atoms with E-state index in [4.69, 9.17) is 5.10 Å². The number of nitrogens with zero attached hydrogens (tertiary/aromatic N) is 3. The Kier molecular flexibility index (Phi) is 5.76. The smallest absolute Gasteiger partial charge is 0.257 e. The summed E-state index contributed by atoms with van der Waals surface area (Å²) in [6, 6.07) is 18.1. The molecule has 1 aliphatic heterocycles. The van der Waals surface area contributed by atoms with Gasteiger partial charge in [-0.15, -0.1) is 0 Å². The third kappa shape index (κ3) is 4.10. The Bertz CT molecular complexity index is 972. The predicted octanol–water partition coefficient (Wildman–Crippen LogP) is 3.92. The van der Waals surface area contributed by atoms with E-state index < -0.39 is 0 Å². The van der Waals surface area contributed by atoms with Gasteiger partial charge >= 0.3 is 0 Å². The normalized spacial score (nSPS) is 14.9. The Morgan fingerprint density at radius 2 is 1.76 bits per heavy atom. The molecule has 5 heteroatoms. The fourth-order valence-electron chi connectivity index (χ4n) is 4.08. The summed E-state index contributed by atoms with van der Waals surface area (Å²) in [6.45, 7) is 4.68. The molecule has 0 unspecified atom stereocenters. The number of carbonyl (C=O) groups excluding carboxylic acids is 1. The van der Waals surface area contributed by atoms with Crippen molar-refractivity contribution in [3.05, 3.63) is 71.9 Å². The number of benzene rings is 2. The topological polar surface area (TPSA) is 50.2 Å². The summed E-state index contributed by atoms with van der Waals surface area (Å²) < 4.78 is 1.82. The lowest BCUT2D eigenvalue weighted by atomic mass is 9.96. The number of aromatic nitrogens is 2. The van der Waals surface area contributed by atoms with Crippen molar-refractivity contribution in [1.29, 1.82) is 0 Å². The molecule has 0 aliphatic carbocycles. The van der Waals surface area contributed by atoms with Crippen LogP contribution in [0.5, 0.6) is 0 Å². The van der Waals surface area contributed by atoms with Crippen molar-refractivity contribution in [3.8, 4) is 16.9 Å². The molecule has 1 amide bonds. The molecule has 4 rings (SSSR count). The van der Waals surface area contributed by atoms with Crippen LogP contribution in [0.1, 0.15) is 28.8 Å². The number of nitrogens with one attached hydrogen (secondary N) is 1. The van der Waals surface area contributed by atoms with Crippen LogP contribution in [0.25, 0.3) is 16.9 Å². The van der Waals surface area contributed by atoms with Gasteiger partial charge in [-0.2, -0.15) is 5.10 Å². The van der Waals surface area contributed by atoms with Crippen molar-refractivity contribution < 1.29 is 4.79 Å². The zero-order valence-corrected chi connectivity index (χ0v) is 17.1. The monoisotopic (exact) mass is 388 g/mol. The number of rotatable bonds is 5. The second-order valence-electron chi connectivity index (χ2n) is 7.78. The van der Waals surface area contributed by atoms with Crippen LogP contribution in [0.15, 0.2) is 60.8 Å². The Labute approximate surface area is 172 Å². The maximum absolute atomic E-state index is 13.5. The fourth-order valence-corrected chi connectivity index (χ4v) is 4.08. The van der Waals surface area contributed by atoms with Gasteiger partial charge in [-0.3, -0.25) is 4.79 Å². The van der Waals surface area contributed by atoms with Crippen molar-refractivity contribution in [3.63, 3.8) is 0 Å². The minimum absolute atomic E-state index is 0.0772. The molecule has 0 saturated carbocycles. The zero-order valence-electron chi connectivity index (χ0n) is 17.1. The average Bonchev–Trinajstić information content (AvgIpc) is 3.20. The summed E-state index contributed by atoms with van der Waals surface area (Å²) in [6.07, 6.45) is 3.97. The second-order valence-corrected chi connectivity index (χ2v) is 7.78. The van der Waals surface area contributed by atoms with E-state index in [-0.39, 0.29) is 5.91 Å². The van der Waals surface area contributed by atoms with Gasteiger partial charge in [0.15, 0.2) is 0 Å². The molecule has 1 aromatic heterocycles. The summed E-state index contributed by atoms with van der Waals surface area (Å²) in [5, 5.41) is 8.09. The summed E-state index contributed by atoms with van der Waals surface area (Å²) in [5.74, 6) is 0.722. The Morgan fingerprint density at radius 3 is 2.45 bits per heavy atom. The molecule has 2 heterocycles. The number of aryl methyl sites for hydroxylation is 1. The highest BCUT2D eigenvalue weighted by atomic mass is 16.2. The number of amides is 1. The van der Waals surface area contributed by atoms with Gasteiger partial charge in [-0.05, 0) is 57.0 Å². The molecule has 5 nitrogen and oxygen atoms in total. The molecule has 3 aromatic rings. The average molecular weight is 389 g/mol. The van der Waals surface area contributed by atoms with Crippen molar-refractivity contribution >= 4 is 5.91 Å². The first-order valence-electron chi connectivity index (χ1n) is 10.3. The minimum Gasteiger partial charge on any atom is -0.339 e. The Morgan fingerprint density at radius 1 is 1.07 bits per heavy atom. The van der Waals surface area contributed by atoms with Gasteiger partial charge in [0.05, 0.1) is 11.3 Å². The van der Waals surface area contributed by atoms with E-state index in [1.165, 1.54) is 0 Å². The fraction of sp³-hybridized carbons (Fsp3) is 0.333. The van der Waals surface area contributed by atoms with Crippen LogP contribution in [-0.2, 0) is 0 Å². The van der Waals surface area contributed by atoms with Crippen molar-refractivity contribution in [2.45, 2.75) is 19.8 Å². The molecular formula is C24H28N4O. The minimum atomic E-state index is 0.0772. The first-order chi connectivity index (χ1) is 14.2. The van der Waals surface area contributed by atoms with E-state index >= 15 is 0 Å². The highest BCUT2D eigenvalue weighted by Gasteiger charge is 2.27. The predicted molar refractivity (Wildman–Crippen MR) is 116 cm³/mol. The van der Waals surface area contributed by atoms with Gasteiger partial charge in [0.2, 0.25) is 0 Å². The van der Waals surface area contributed by atoms with E-state index in [9.17, 15) is 4.79 Å². The van der Waals surface area contributed by atoms with E-state index in [1.807, 2.05) is 71.4 Å². The number of hydrogen-bond acceptors (Lipinski definition) is 3. The Hall–Kier alpha value is -2.92. The molecule has 29 heavy (non-hydrogen) atoms. The van der Waals surface area contributed by atoms with E-state index in [0.29, 0.717) is 11.5 Å². The van der Waals surface area contributed by atoms with Crippen LogP contribution >= 0.6 is 0 Å². The second kappa shape index (κ2) is 8.62. The van der Waals surface area contributed by atoms with Crippen LogP contribution in [0.3, 0.4) is 0 Å². The lowest BCUT2D eigenvalue weighted by Gasteiger charge is -2.32. The molecule has 2 aromatic carbocycles. The largest absolute Gasteiger partial charge is 0.339 e. The Balaban J connectivity index is 1.69. The van der Waals surface area contributed by atoms with Crippen LogP contribution in [0.4, 0.5) is 0 Å². The third-order valence-electron chi connectivity index (χ3n) is 5.76.